The van der Waals surface area contributed by atoms with E-state index in [0.29, 0.717) is 28.9 Å². The zero-order chi connectivity index (χ0) is 21.4. The van der Waals surface area contributed by atoms with E-state index in [0.717, 1.165) is 22.6 Å². The van der Waals surface area contributed by atoms with E-state index in [2.05, 4.69) is 20.6 Å². The second-order valence-corrected chi connectivity index (χ2v) is 7.60. The van der Waals surface area contributed by atoms with Gasteiger partial charge in [-0.25, -0.2) is 8.78 Å². The lowest BCUT2D eigenvalue weighted by molar-refractivity contribution is 0.102. The Morgan fingerprint density at radius 3 is 2.68 bits per heavy atom. The van der Waals surface area contributed by atoms with Crippen molar-refractivity contribution in [1.29, 1.82) is 0 Å². The predicted molar refractivity (Wildman–Crippen MR) is 114 cm³/mol. The van der Waals surface area contributed by atoms with Crippen LogP contribution in [0.2, 0.25) is 0 Å². The predicted octanol–water partition coefficient (Wildman–Crippen LogP) is 5.05. The number of halogens is 2. The van der Waals surface area contributed by atoms with Gasteiger partial charge in [0, 0.05) is 17.3 Å². The van der Waals surface area contributed by atoms with Crippen LogP contribution in [0.25, 0.3) is 27.6 Å². The molecule has 1 amide bonds. The summed E-state index contributed by atoms with van der Waals surface area (Å²) >= 11 is 1.54. The van der Waals surface area contributed by atoms with Crippen molar-refractivity contribution in [2.24, 2.45) is 0 Å². The molecule has 1 N–H and O–H groups in total. The maximum absolute atomic E-state index is 13.9. The Morgan fingerprint density at radius 2 is 1.87 bits per heavy atom. The highest BCUT2D eigenvalue weighted by Crippen LogP contribution is 2.26. The molecular formula is C22H13F2N5OS. The molecule has 0 bridgehead atoms. The number of thiophene rings is 1. The summed E-state index contributed by atoms with van der Waals surface area (Å²) in [5.74, 6) is -1.69. The zero-order valence-electron chi connectivity index (χ0n) is 15.8. The number of carbonyl (C=O) groups is 1. The molecule has 9 heteroatoms. The van der Waals surface area contributed by atoms with Crippen LogP contribution in [0.4, 0.5) is 14.5 Å². The van der Waals surface area contributed by atoms with Gasteiger partial charge in [-0.15, -0.1) is 21.5 Å². The van der Waals surface area contributed by atoms with E-state index in [4.69, 9.17) is 0 Å². The molecule has 0 atom stereocenters. The van der Waals surface area contributed by atoms with Gasteiger partial charge < -0.3 is 5.32 Å². The number of fused-ring (bicyclic) bond motifs is 1. The molecule has 152 valence electrons. The van der Waals surface area contributed by atoms with Gasteiger partial charge in [-0.3, -0.25) is 4.79 Å². The largest absolute Gasteiger partial charge is 0.322 e. The number of hydrogen-bond donors (Lipinski definition) is 1. The number of nitrogens with zero attached hydrogens (tertiary/aromatic N) is 4. The van der Waals surface area contributed by atoms with Crippen molar-refractivity contribution in [1.82, 2.24) is 19.8 Å². The minimum atomic E-state index is -0.922. The quantitative estimate of drug-likeness (QED) is 0.431. The molecule has 0 radical (unpaired) electrons. The van der Waals surface area contributed by atoms with Crippen molar-refractivity contribution in [2.75, 3.05) is 5.32 Å². The molecule has 0 saturated heterocycles. The van der Waals surface area contributed by atoms with Crippen LogP contribution < -0.4 is 5.32 Å². The Kier molecular flexibility index (Phi) is 4.72. The van der Waals surface area contributed by atoms with Gasteiger partial charge in [0.05, 0.1) is 16.1 Å². The molecular weight excluding hydrogens is 420 g/mol. The van der Waals surface area contributed by atoms with E-state index in [1.165, 1.54) is 0 Å². The van der Waals surface area contributed by atoms with Gasteiger partial charge in [-0.2, -0.15) is 9.61 Å². The van der Waals surface area contributed by atoms with Crippen molar-refractivity contribution in [2.45, 2.75) is 0 Å². The molecule has 5 rings (SSSR count). The Hall–Kier alpha value is -3.98. The van der Waals surface area contributed by atoms with Crippen LogP contribution in [0.15, 0.2) is 72.1 Å². The van der Waals surface area contributed by atoms with Crippen molar-refractivity contribution in [3.05, 3.63) is 89.3 Å². The second kappa shape index (κ2) is 7.69. The van der Waals surface area contributed by atoms with Crippen LogP contribution in [-0.2, 0) is 0 Å². The monoisotopic (exact) mass is 433 g/mol. The van der Waals surface area contributed by atoms with Gasteiger partial charge in [-0.1, -0.05) is 18.2 Å². The summed E-state index contributed by atoms with van der Waals surface area (Å²) in [7, 11) is 0. The average molecular weight is 433 g/mol. The summed E-state index contributed by atoms with van der Waals surface area (Å²) in [5.41, 5.74) is 2.22. The summed E-state index contributed by atoms with van der Waals surface area (Å²) < 4.78 is 28.7. The van der Waals surface area contributed by atoms with Crippen LogP contribution in [0.5, 0.6) is 0 Å². The summed E-state index contributed by atoms with van der Waals surface area (Å²) in [6.45, 7) is 0. The number of nitrogens with one attached hydrogen (secondary N) is 1. The minimum absolute atomic E-state index is 0.239. The Labute approximate surface area is 178 Å². The molecule has 6 nitrogen and oxygen atoms in total. The highest BCUT2D eigenvalue weighted by atomic mass is 32.1. The highest BCUT2D eigenvalue weighted by Gasteiger charge is 2.14. The normalized spacial score (nSPS) is 11.0. The third-order valence-electron chi connectivity index (χ3n) is 4.60. The van der Waals surface area contributed by atoms with Crippen LogP contribution in [0.1, 0.15) is 10.4 Å². The van der Waals surface area contributed by atoms with Gasteiger partial charge in [0.15, 0.2) is 11.5 Å². The first-order valence-electron chi connectivity index (χ1n) is 9.22. The van der Waals surface area contributed by atoms with Crippen LogP contribution in [0.3, 0.4) is 0 Å². The fourth-order valence-corrected chi connectivity index (χ4v) is 3.82. The van der Waals surface area contributed by atoms with Gasteiger partial charge in [-0.05, 0) is 47.8 Å². The number of hydrogen-bond acceptors (Lipinski definition) is 5. The van der Waals surface area contributed by atoms with Crippen molar-refractivity contribution in [3.63, 3.8) is 0 Å². The zero-order valence-corrected chi connectivity index (χ0v) is 16.6. The van der Waals surface area contributed by atoms with Gasteiger partial charge in [0.2, 0.25) is 0 Å². The number of aromatic nitrogens is 4. The first-order valence-corrected chi connectivity index (χ1v) is 10.1. The molecule has 0 spiro atoms. The third kappa shape index (κ3) is 3.66. The van der Waals surface area contributed by atoms with E-state index < -0.39 is 17.5 Å². The van der Waals surface area contributed by atoms with Crippen molar-refractivity contribution >= 4 is 28.6 Å². The molecule has 3 aromatic heterocycles. The van der Waals surface area contributed by atoms with Gasteiger partial charge in [0.1, 0.15) is 11.6 Å². The second-order valence-electron chi connectivity index (χ2n) is 6.65. The van der Waals surface area contributed by atoms with E-state index in [1.807, 2.05) is 35.7 Å². The molecule has 3 heterocycles. The fraction of sp³-hybridized carbons (Fsp3) is 0. The maximum Gasteiger partial charge on any atom is 0.258 e. The van der Waals surface area contributed by atoms with E-state index in [1.54, 1.807) is 34.1 Å². The molecule has 0 saturated carbocycles. The standard InChI is InChI=1S/C22H13F2N5OS/c23-14-6-7-16(17(24)12-14)22(30)25-15-4-1-3-13(11-15)18-8-9-20-26-27-21(29(20)28-18)19-5-2-10-31-19/h1-12H,(H,25,30). The molecule has 0 aliphatic carbocycles. The lowest BCUT2D eigenvalue weighted by atomic mass is 10.1. The third-order valence-corrected chi connectivity index (χ3v) is 5.46. The van der Waals surface area contributed by atoms with E-state index >= 15 is 0 Å². The van der Waals surface area contributed by atoms with Crippen LogP contribution >= 0.6 is 11.3 Å². The van der Waals surface area contributed by atoms with Gasteiger partial charge >= 0.3 is 0 Å². The molecule has 0 aliphatic heterocycles. The van der Waals surface area contributed by atoms with Crippen molar-refractivity contribution < 1.29 is 13.6 Å². The number of amides is 1. The number of rotatable bonds is 4. The van der Waals surface area contributed by atoms with Crippen LogP contribution in [0, 0.1) is 11.6 Å². The molecule has 0 aliphatic rings. The molecule has 2 aromatic carbocycles. The Morgan fingerprint density at radius 1 is 0.968 bits per heavy atom. The highest BCUT2D eigenvalue weighted by molar-refractivity contribution is 7.13. The Balaban J connectivity index is 1.47. The molecule has 0 unspecified atom stereocenters. The van der Waals surface area contributed by atoms with Crippen LogP contribution in [-0.4, -0.2) is 25.7 Å². The summed E-state index contributed by atoms with van der Waals surface area (Å²) in [5, 5.41) is 17.6. The molecule has 5 aromatic rings. The number of carbonyl (C=O) groups excluding carboxylic acids is 1. The smallest absolute Gasteiger partial charge is 0.258 e. The fourth-order valence-electron chi connectivity index (χ4n) is 3.13. The summed E-state index contributed by atoms with van der Waals surface area (Å²) in [4.78, 5) is 13.3. The number of benzene rings is 2. The SMILES string of the molecule is O=C(Nc1cccc(-c2ccc3nnc(-c4cccs4)n3n2)c1)c1ccc(F)cc1F. The van der Waals surface area contributed by atoms with E-state index in [9.17, 15) is 13.6 Å². The topological polar surface area (TPSA) is 72.2 Å². The van der Waals surface area contributed by atoms with Gasteiger partial charge in [0.25, 0.3) is 5.91 Å². The van der Waals surface area contributed by atoms with Crippen molar-refractivity contribution in [3.8, 4) is 22.0 Å². The lowest BCUT2D eigenvalue weighted by Gasteiger charge is -2.08. The summed E-state index contributed by atoms with van der Waals surface area (Å²) in [6.07, 6.45) is 0. The molecule has 31 heavy (non-hydrogen) atoms. The first-order chi connectivity index (χ1) is 15.1. The summed E-state index contributed by atoms with van der Waals surface area (Å²) in [6, 6.07) is 17.3. The minimum Gasteiger partial charge on any atom is -0.322 e. The molecule has 0 fully saturated rings. The average Bonchev–Trinajstić information content (AvgIpc) is 3.43. The number of anilines is 1. The van der Waals surface area contributed by atoms with E-state index in [-0.39, 0.29) is 5.56 Å². The Bertz CT molecular complexity index is 1410. The lowest BCUT2D eigenvalue weighted by Crippen LogP contribution is -2.14. The first kappa shape index (κ1) is 19.0. The maximum atomic E-state index is 13.9.